The van der Waals surface area contributed by atoms with Crippen molar-refractivity contribution >= 4 is 5.78 Å². The summed E-state index contributed by atoms with van der Waals surface area (Å²) in [6.45, 7) is 8.05. The first-order valence-corrected chi connectivity index (χ1v) is 3.72. The van der Waals surface area contributed by atoms with Gasteiger partial charge in [0.2, 0.25) is 0 Å². The van der Waals surface area contributed by atoms with Crippen molar-refractivity contribution in [2.24, 2.45) is 11.3 Å². The van der Waals surface area contributed by atoms with E-state index < -0.39 is 0 Å². The van der Waals surface area contributed by atoms with Gasteiger partial charge in [-0.3, -0.25) is 4.79 Å². The van der Waals surface area contributed by atoms with Crippen molar-refractivity contribution in [2.45, 2.75) is 27.7 Å². The quantitative estimate of drug-likeness (QED) is 0.469. The highest BCUT2D eigenvalue weighted by molar-refractivity contribution is 6.07. The monoisotopic (exact) mass is 138 g/mol. The molecule has 0 aliphatic heterocycles. The summed E-state index contributed by atoms with van der Waals surface area (Å²) in [6.07, 6.45) is 1.93. The normalized spacial score (nSPS) is 34.2. The van der Waals surface area contributed by atoms with E-state index in [4.69, 9.17) is 0 Å². The largest absolute Gasteiger partial charge is 0.294 e. The van der Waals surface area contributed by atoms with E-state index in [0.29, 0.717) is 11.7 Å². The molecule has 0 N–H and O–H groups in total. The maximum Gasteiger partial charge on any atom is 0.165 e. The highest BCUT2D eigenvalue weighted by Crippen LogP contribution is 2.46. The second kappa shape index (κ2) is 1.94. The zero-order valence-electron chi connectivity index (χ0n) is 7.06. The van der Waals surface area contributed by atoms with Gasteiger partial charge in [-0.2, -0.15) is 0 Å². The van der Waals surface area contributed by atoms with Crippen LogP contribution in [0.15, 0.2) is 11.6 Å². The summed E-state index contributed by atoms with van der Waals surface area (Å²) < 4.78 is 0. The summed E-state index contributed by atoms with van der Waals surface area (Å²) in [7, 11) is 0. The van der Waals surface area contributed by atoms with Gasteiger partial charge in [0, 0.05) is 5.41 Å². The van der Waals surface area contributed by atoms with E-state index in [0.717, 1.165) is 5.57 Å². The number of ketones is 1. The molecule has 1 aliphatic rings. The van der Waals surface area contributed by atoms with Crippen molar-refractivity contribution in [1.82, 2.24) is 0 Å². The van der Waals surface area contributed by atoms with Crippen LogP contribution in [0.5, 0.6) is 0 Å². The number of hydrogen-bond acceptors (Lipinski definition) is 1. The van der Waals surface area contributed by atoms with E-state index in [1.54, 1.807) is 0 Å². The molecule has 1 aliphatic carbocycles. The second-order valence-corrected chi connectivity index (χ2v) is 3.52. The van der Waals surface area contributed by atoms with E-state index in [2.05, 4.69) is 6.92 Å². The zero-order valence-corrected chi connectivity index (χ0v) is 7.06. The van der Waals surface area contributed by atoms with Gasteiger partial charge < -0.3 is 0 Å². The molecule has 0 spiro atoms. The number of hydrogen-bond donors (Lipinski definition) is 0. The standard InChI is InChI=1S/C9H14O/c1-5-7-6(2)9(3,4)8(7)10/h5-6H,1-4H3/b7-5+/t6-/m0/s1. The predicted molar refractivity (Wildman–Crippen MR) is 41.7 cm³/mol. The summed E-state index contributed by atoms with van der Waals surface area (Å²) in [5.74, 6) is 0.771. The first-order valence-electron chi connectivity index (χ1n) is 3.72. The van der Waals surface area contributed by atoms with Gasteiger partial charge in [0.05, 0.1) is 0 Å². The topological polar surface area (TPSA) is 17.1 Å². The van der Waals surface area contributed by atoms with Gasteiger partial charge in [0.25, 0.3) is 0 Å². The SMILES string of the molecule is C/C=C1/C(=O)C(C)(C)[C@H]1C. The lowest BCUT2D eigenvalue weighted by Gasteiger charge is -2.42. The van der Waals surface area contributed by atoms with E-state index in [1.165, 1.54) is 0 Å². The molecule has 0 amide bonds. The first-order chi connectivity index (χ1) is 4.51. The Hall–Kier alpha value is -0.590. The van der Waals surface area contributed by atoms with Crippen molar-refractivity contribution in [2.75, 3.05) is 0 Å². The van der Waals surface area contributed by atoms with E-state index in [9.17, 15) is 4.79 Å². The Labute approximate surface area is 62.1 Å². The first kappa shape index (κ1) is 7.52. The van der Waals surface area contributed by atoms with Crippen molar-refractivity contribution in [1.29, 1.82) is 0 Å². The smallest absolute Gasteiger partial charge is 0.165 e. The summed E-state index contributed by atoms with van der Waals surface area (Å²) in [5.41, 5.74) is 0.909. The molecule has 0 heterocycles. The van der Waals surface area contributed by atoms with Crippen LogP contribution >= 0.6 is 0 Å². The van der Waals surface area contributed by atoms with Gasteiger partial charge in [0.1, 0.15) is 0 Å². The van der Waals surface area contributed by atoms with Crippen LogP contribution in [0.4, 0.5) is 0 Å². The minimum Gasteiger partial charge on any atom is -0.294 e. The Bertz CT molecular complexity index is 199. The van der Waals surface area contributed by atoms with Crippen LogP contribution in [-0.4, -0.2) is 5.78 Å². The molecule has 1 fully saturated rings. The van der Waals surface area contributed by atoms with E-state index >= 15 is 0 Å². The van der Waals surface area contributed by atoms with Gasteiger partial charge >= 0.3 is 0 Å². The Balaban J connectivity index is 2.88. The summed E-state index contributed by atoms with van der Waals surface area (Å²) >= 11 is 0. The molecule has 1 saturated carbocycles. The number of Topliss-reactive ketones (excluding diaryl/α,β-unsaturated/α-hetero) is 1. The lowest BCUT2D eigenvalue weighted by atomic mass is 9.59. The van der Waals surface area contributed by atoms with Gasteiger partial charge in [-0.25, -0.2) is 0 Å². The zero-order chi connectivity index (χ0) is 7.94. The molecule has 0 aromatic rings. The van der Waals surface area contributed by atoms with Crippen LogP contribution in [-0.2, 0) is 4.79 Å². The molecular weight excluding hydrogens is 124 g/mol. The minimum atomic E-state index is -0.0954. The fourth-order valence-electron chi connectivity index (χ4n) is 1.46. The Morgan fingerprint density at radius 3 is 2.20 bits per heavy atom. The molecule has 1 nitrogen and oxygen atoms in total. The van der Waals surface area contributed by atoms with E-state index in [1.807, 2.05) is 26.8 Å². The summed E-state index contributed by atoms with van der Waals surface area (Å²) in [5, 5.41) is 0. The van der Waals surface area contributed by atoms with Crippen LogP contribution in [0.1, 0.15) is 27.7 Å². The van der Waals surface area contributed by atoms with Crippen molar-refractivity contribution in [3.05, 3.63) is 11.6 Å². The molecule has 1 atom stereocenters. The second-order valence-electron chi connectivity index (χ2n) is 3.52. The van der Waals surface area contributed by atoms with Gasteiger partial charge in [-0.05, 0) is 18.4 Å². The van der Waals surface area contributed by atoms with E-state index in [-0.39, 0.29) is 5.41 Å². The molecule has 0 aromatic carbocycles. The number of rotatable bonds is 0. The molecule has 0 saturated heterocycles. The molecule has 0 radical (unpaired) electrons. The van der Waals surface area contributed by atoms with Crippen molar-refractivity contribution < 1.29 is 4.79 Å². The van der Waals surface area contributed by atoms with Gasteiger partial charge in [-0.1, -0.05) is 26.8 Å². The molecule has 0 bridgehead atoms. The van der Waals surface area contributed by atoms with Crippen LogP contribution in [0, 0.1) is 11.3 Å². The fourth-order valence-corrected chi connectivity index (χ4v) is 1.46. The van der Waals surface area contributed by atoms with Crippen molar-refractivity contribution in [3.8, 4) is 0 Å². The maximum absolute atomic E-state index is 11.3. The van der Waals surface area contributed by atoms with Crippen LogP contribution in [0.2, 0.25) is 0 Å². The maximum atomic E-state index is 11.3. The predicted octanol–water partition coefficient (Wildman–Crippen LogP) is 2.18. The third-order valence-electron chi connectivity index (χ3n) is 2.71. The molecule has 1 rings (SSSR count). The lowest BCUT2D eigenvalue weighted by Crippen LogP contribution is -2.46. The number of carbonyl (C=O) groups excluding carboxylic acids is 1. The number of carbonyl (C=O) groups is 1. The third kappa shape index (κ3) is 0.664. The fraction of sp³-hybridized carbons (Fsp3) is 0.667. The molecule has 56 valence electrons. The van der Waals surface area contributed by atoms with Crippen LogP contribution < -0.4 is 0 Å². The lowest BCUT2D eigenvalue weighted by molar-refractivity contribution is -0.132. The Morgan fingerprint density at radius 2 is 2.00 bits per heavy atom. The minimum absolute atomic E-state index is 0.0954. The average molecular weight is 138 g/mol. The Morgan fingerprint density at radius 1 is 1.50 bits per heavy atom. The highest BCUT2D eigenvalue weighted by Gasteiger charge is 2.48. The third-order valence-corrected chi connectivity index (χ3v) is 2.71. The van der Waals surface area contributed by atoms with Gasteiger partial charge in [0.15, 0.2) is 5.78 Å². The Kier molecular flexibility index (Phi) is 1.46. The molecule has 1 heteroatoms. The molecule has 0 aromatic heterocycles. The van der Waals surface area contributed by atoms with Crippen molar-refractivity contribution in [3.63, 3.8) is 0 Å². The van der Waals surface area contributed by atoms with Crippen LogP contribution in [0.3, 0.4) is 0 Å². The van der Waals surface area contributed by atoms with Gasteiger partial charge in [-0.15, -0.1) is 0 Å². The highest BCUT2D eigenvalue weighted by atomic mass is 16.1. The molecular formula is C9H14O. The summed E-state index contributed by atoms with van der Waals surface area (Å²) in [4.78, 5) is 11.3. The molecule has 0 unspecified atom stereocenters. The summed E-state index contributed by atoms with van der Waals surface area (Å²) in [6, 6.07) is 0. The average Bonchev–Trinajstić information content (AvgIpc) is 1.89. The number of allylic oxidation sites excluding steroid dienone is 2. The molecule has 10 heavy (non-hydrogen) atoms. The van der Waals surface area contributed by atoms with Crippen LogP contribution in [0.25, 0.3) is 0 Å².